The van der Waals surface area contributed by atoms with Crippen LogP contribution in [-0.2, 0) is 9.53 Å². The van der Waals surface area contributed by atoms with Gasteiger partial charge in [-0.3, -0.25) is 4.79 Å². The third-order valence-corrected chi connectivity index (χ3v) is 3.18. The van der Waals surface area contributed by atoms with Crippen molar-refractivity contribution in [3.8, 4) is 6.07 Å². The van der Waals surface area contributed by atoms with Crippen LogP contribution in [0.15, 0.2) is 28.7 Å². The van der Waals surface area contributed by atoms with Gasteiger partial charge in [0.25, 0.3) is 5.91 Å². The maximum atomic E-state index is 12.1. The van der Waals surface area contributed by atoms with Crippen LogP contribution in [0.4, 0.5) is 0 Å². The molecule has 0 aromatic heterocycles. The van der Waals surface area contributed by atoms with E-state index >= 15 is 0 Å². The van der Waals surface area contributed by atoms with Crippen molar-refractivity contribution in [3.63, 3.8) is 0 Å². The maximum Gasteiger partial charge on any atom is 0.328 e. The van der Waals surface area contributed by atoms with Crippen molar-refractivity contribution in [1.82, 2.24) is 5.32 Å². The number of esters is 1. The number of ether oxygens (including phenoxy) is 1. The molecule has 0 aliphatic rings. The Labute approximate surface area is 126 Å². The zero-order chi connectivity index (χ0) is 15.1. The summed E-state index contributed by atoms with van der Waals surface area (Å²) in [6, 6.07) is 8.01. The number of rotatable bonds is 5. The number of hydrogen-bond acceptors (Lipinski definition) is 4. The van der Waals surface area contributed by atoms with Gasteiger partial charge in [0.05, 0.1) is 13.2 Å². The second kappa shape index (κ2) is 7.65. The zero-order valence-electron chi connectivity index (χ0n) is 11.2. The first kappa shape index (κ1) is 16.2. The normalized spacial score (nSPS) is 12.9. The molecule has 1 amide bonds. The summed E-state index contributed by atoms with van der Waals surface area (Å²) >= 11 is 3.28. The fourth-order valence-corrected chi connectivity index (χ4v) is 2.03. The molecule has 1 aromatic carbocycles. The number of amides is 1. The van der Waals surface area contributed by atoms with Crippen LogP contribution in [0.1, 0.15) is 23.7 Å². The van der Waals surface area contributed by atoms with Gasteiger partial charge in [-0.2, -0.15) is 5.26 Å². The van der Waals surface area contributed by atoms with Gasteiger partial charge in [-0.15, -0.1) is 0 Å². The number of methoxy groups -OCH3 is 1. The van der Waals surface area contributed by atoms with Gasteiger partial charge >= 0.3 is 5.97 Å². The number of carbonyl (C=O) groups excluding carboxylic acids is 2. The van der Waals surface area contributed by atoms with Crippen molar-refractivity contribution < 1.29 is 14.3 Å². The van der Waals surface area contributed by atoms with E-state index in [9.17, 15) is 9.59 Å². The van der Waals surface area contributed by atoms with E-state index < -0.39 is 12.0 Å². The van der Waals surface area contributed by atoms with Crippen molar-refractivity contribution in [2.75, 3.05) is 7.11 Å². The molecule has 0 heterocycles. The number of halogens is 1. The minimum absolute atomic E-state index is 0.211. The van der Waals surface area contributed by atoms with E-state index in [2.05, 4.69) is 26.0 Å². The number of nitrogens with zero attached hydrogens (tertiary/aromatic N) is 1. The lowest BCUT2D eigenvalue weighted by Gasteiger charge is -2.17. The van der Waals surface area contributed by atoms with Crippen molar-refractivity contribution in [3.05, 3.63) is 34.3 Å². The Morgan fingerprint density at radius 2 is 2.20 bits per heavy atom. The number of nitriles is 1. The first-order valence-electron chi connectivity index (χ1n) is 6.01. The summed E-state index contributed by atoms with van der Waals surface area (Å²) in [6.07, 6.45) is 0.211. The van der Waals surface area contributed by atoms with Gasteiger partial charge in [0, 0.05) is 16.0 Å². The minimum Gasteiger partial charge on any atom is -0.467 e. The molecule has 1 rings (SSSR count). The first-order valence-corrected chi connectivity index (χ1v) is 6.81. The van der Waals surface area contributed by atoms with E-state index in [1.807, 2.05) is 6.07 Å². The van der Waals surface area contributed by atoms with Crippen LogP contribution in [0.25, 0.3) is 0 Å². The molecule has 0 unspecified atom stereocenters. The summed E-state index contributed by atoms with van der Waals surface area (Å²) in [4.78, 5) is 23.7. The SMILES string of the molecule is COC(=O)[C@@H](C[C@H](C)C#N)NC(=O)c1cccc(Br)c1. The Hall–Kier alpha value is -1.87. The average molecular weight is 339 g/mol. The lowest BCUT2D eigenvalue weighted by atomic mass is 10.0. The van der Waals surface area contributed by atoms with E-state index in [4.69, 9.17) is 5.26 Å². The molecule has 6 heteroatoms. The lowest BCUT2D eigenvalue weighted by molar-refractivity contribution is -0.143. The molecule has 0 aliphatic carbocycles. The summed E-state index contributed by atoms with van der Waals surface area (Å²) in [6.45, 7) is 1.68. The molecule has 2 atom stereocenters. The second-order valence-electron chi connectivity index (χ2n) is 4.33. The molecule has 0 spiro atoms. The van der Waals surface area contributed by atoms with Crippen LogP contribution in [0.2, 0.25) is 0 Å². The highest BCUT2D eigenvalue weighted by Gasteiger charge is 2.24. The van der Waals surface area contributed by atoms with E-state index in [1.165, 1.54) is 7.11 Å². The highest BCUT2D eigenvalue weighted by atomic mass is 79.9. The molecule has 5 nitrogen and oxygen atoms in total. The smallest absolute Gasteiger partial charge is 0.328 e. The van der Waals surface area contributed by atoms with Crippen molar-refractivity contribution >= 4 is 27.8 Å². The molecule has 0 bridgehead atoms. The highest BCUT2D eigenvalue weighted by Crippen LogP contribution is 2.13. The van der Waals surface area contributed by atoms with Crippen LogP contribution < -0.4 is 5.32 Å². The van der Waals surface area contributed by atoms with Crippen molar-refractivity contribution in [2.24, 2.45) is 5.92 Å². The first-order chi connectivity index (χ1) is 9.47. The second-order valence-corrected chi connectivity index (χ2v) is 5.24. The van der Waals surface area contributed by atoms with Gasteiger partial charge in [-0.25, -0.2) is 4.79 Å². The monoisotopic (exact) mass is 338 g/mol. The van der Waals surface area contributed by atoms with Crippen LogP contribution >= 0.6 is 15.9 Å². The van der Waals surface area contributed by atoms with Crippen LogP contribution in [-0.4, -0.2) is 25.0 Å². The molecule has 20 heavy (non-hydrogen) atoms. The molecule has 0 aliphatic heterocycles. The molecule has 0 fully saturated rings. The Kier molecular flexibility index (Phi) is 6.19. The number of benzene rings is 1. The Bertz CT molecular complexity index is 539. The van der Waals surface area contributed by atoms with Gasteiger partial charge in [-0.05, 0) is 31.5 Å². The number of carbonyl (C=O) groups is 2. The molecule has 1 N–H and O–H groups in total. The minimum atomic E-state index is -0.832. The van der Waals surface area contributed by atoms with Crippen LogP contribution in [0.3, 0.4) is 0 Å². The van der Waals surface area contributed by atoms with Crippen molar-refractivity contribution in [2.45, 2.75) is 19.4 Å². The Morgan fingerprint density at radius 1 is 1.50 bits per heavy atom. The van der Waals surface area contributed by atoms with E-state index in [-0.39, 0.29) is 18.2 Å². The molecule has 0 radical (unpaired) electrons. The van der Waals surface area contributed by atoms with Crippen LogP contribution in [0, 0.1) is 17.2 Å². The largest absolute Gasteiger partial charge is 0.467 e. The Morgan fingerprint density at radius 3 is 2.75 bits per heavy atom. The zero-order valence-corrected chi connectivity index (χ0v) is 12.8. The van der Waals surface area contributed by atoms with Gasteiger partial charge in [-0.1, -0.05) is 22.0 Å². The van der Waals surface area contributed by atoms with Gasteiger partial charge in [0.15, 0.2) is 0 Å². The van der Waals surface area contributed by atoms with E-state index in [0.29, 0.717) is 5.56 Å². The average Bonchev–Trinajstić information content (AvgIpc) is 2.45. The maximum absolute atomic E-state index is 12.1. The summed E-state index contributed by atoms with van der Waals surface area (Å²) in [5.74, 6) is -1.30. The molecule has 0 saturated carbocycles. The van der Waals surface area contributed by atoms with E-state index in [1.54, 1.807) is 31.2 Å². The lowest BCUT2D eigenvalue weighted by Crippen LogP contribution is -2.42. The fourth-order valence-electron chi connectivity index (χ4n) is 1.63. The molecule has 106 valence electrons. The third-order valence-electron chi connectivity index (χ3n) is 2.69. The quantitative estimate of drug-likeness (QED) is 0.835. The summed E-state index contributed by atoms with van der Waals surface area (Å²) in [5.41, 5.74) is 0.429. The van der Waals surface area contributed by atoms with Gasteiger partial charge in [0.1, 0.15) is 6.04 Å². The fraction of sp³-hybridized carbons (Fsp3) is 0.357. The Balaban J connectivity index is 2.81. The van der Waals surface area contributed by atoms with Gasteiger partial charge < -0.3 is 10.1 Å². The van der Waals surface area contributed by atoms with Crippen LogP contribution in [0.5, 0.6) is 0 Å². The molecular weight excluding hydrogens is 324 g/mol. The summed E-state index contributed by atoms with van der Waals surface area (Å²) in [5, 5.41) is 11.4. The number of hydrogen-bond donors (Lipinski definition) is 1. The van der Waals surface area contributed by atoms with Gasteiger partial charge in [0.2, 0.25) is 0 Å². The summed E-state index contributed by atoms with van der Waals surface area (Å²) < 4.78 is 5.41. The topological polar surface area (TPSA) is 79.2 Å². The molecular formula is C14H15BrN2O3. The standard InChI is InChI=1S/C14H15BrN2O3/c1-9(8-16)6-12(14(19)20-2)17-13(18)10-4-3-5-11(15)7-10/h3-5,7,9,12H,6H2,1-2H3,(H,17,18)/t9-,12+/m0/s1. The predicted molar refractivity (Wildman–Crippen MR) is 76.8 cm³/mol. The molecule has 1 aromatic rings. The third kappa shape index (κ3) is 4.67. The summed E-state index contributed by atoms with van der Waals surface area (Å²) in [7, 11) is 1.25. The number of nitrogens with one attached hydrogen (secondary N) is 1. The highest BCUT2D eigenvalue weighted by molar-refractivity contribution is 9.10. The molecule has 0 saturated heterocycles. The van der Waals surface area contributed by atoms with E-state index in [0.717, 1.165) is 4.47 Å². The van der Waals surface area contributed by atoms with Crippen molar-refractivity contribution in [1.29, 1.82) is 5.26 Å². The predicted octanol–water partition coefficient (Wildman–Crippen LogP) is 2.27.